The Labute approximate surface area is 118 Å². The quantitative estimate of drug-likeness (QED) is 0.853. The number of nitrogens with zero attached hydrogens (tertiary/aromatic N) is 1. The van der Waals surface area contributed by atoms with Gasteiger partial charge >= 0.3 is 0 Å². The van der Waals surface area contributed by atoms with Crippen molar-refractivity contribution in [2.24, 2.45) is 0 Å². The van der Waals surface area contributed by atoms with Gasteiger partial charge in [0.1, 0.15) is 5.82 Å². The molecule has 1 aliphatic heterocycles. The van der Waals surface area contributed by atoms with E-state index >= 15 is 0 Å². The van der Waals surface area contributed by atoms with Crippen molar-refractivity contribution in [3.05, 3.63) is 29.6 Å². The van der Waals surface area contributed by atoms with Gasteiger partial charge in [0.2, 0.25) is 0 Å². The standard InChI is InChI=1S/C15H21F3N2/c1-3-5-19-11-4-6-20(10(2)7-11)15-9-13(17)12(16)8-14(15)18/h8-11,19H,3-7H2,1-2H3. The Balaban J connectivity index is 2.09. The van der Waals surface area contributed by atoms with E-state index in [0.717, 1.165) is 31.9 Å². The highest BCUT2D eigenvalue weighted by Gasteiger charge is 2.27. The molecule has 2 nitrogen and oxygen atoms in total. The van der Waals surface area contributed by atoms with Gasteiger partial charge in [-0.15, -0.1) is 0 Å². The van der Waals surface area contributed by atoms with Gasteiger partial charge < -0.3 is 10.2 Å². The molecule has 0 saturated carbocycles. The third-order valence-electron chi connectivity index (χ3n) is 3.86. The molecule has 0 amide bonds. The summed E-state index contributed by atoms with van der Waals surface area (Å²) in [6.45, 7) is 5.71. The van der Waals surface area contributed by atoms with Gasteiger partial charge in [0, 0.05) is 30.8 Å². The molecule has 112 valence electrons. The van der Waals surface area contributed by atoms with Crippen LogP contribution in [0.5, 0.6) is 0 Å². The van der Waals surface area contributed by atoms with E-state index in [2.05, 4.69) is 12.2 Å². The maximum Gasteiger partial charge on any atom is 0.161 e. The molecule has 1 N–H and O–H groups in total. The summed E-state index contributed by atoms with van der Waals surface area (Å²) in [5.41, 5.74) is 0.158. The summed E-state index contributed by atoms with van der Waals surface area (Å²) in [5.74, 6) is -2.84. The van der Waals surface area contributed by atoms with Crippen LogP contribution in [0, 0.1) is 17.5 Å². The van der Waals surface area contributed by atoms with Gasteiger partial charge in [0.15, 0.2) is 11.6 Å². The smallest absolute Gasteiger partial charge is 0.161 e. The number of piperidine rings is 1. The lowest BCUT2D eigenvalue weighted by molar-refractivity contribution is 0.365. The summed E-state index contributed by atoms with van der Waals surface area (Å²) in [6, 6.07) is 2.09. The number of halogens is 3. The molecule has 2 unspecified atom stereocenters. The molecule has 1 aliphatic rings. The lowest BCUT2D eigenvalue weighted by Crippen LogP contribution is -2.48. The van der Waals surface area contributed by atoms with Gasteiger partial charge in [-0.05, 0) is 32.7 Å². The van der Waals surface area contributed by atoms with Crippen LogP contribution in [0.3, 0.4) is 0 Å². The zero-order valence-corrected chi connectivity index (χ0v) is 11.9. The number of hydrogen-bond acceptors (Lipinski definition) is 2. The first-order valence-electron chi connectivity index (χ1n) is 7.17. The van der Waals surface area contributed by atoms with Gasteiger partial charge in [0.05, 0.1) is 5.69 Å². The molecule has 1 fully saturated rings. The molecule has 1 heterocycles. The van der Waals surface area contributed by atoms with E-state index in [4.69, 9.17) is 0 Å². The van der Waals surface area contributed by atoms with E-state index in [1.165, 1.54) is 0 Å². The molecule has 0 bridgehead atoms. The van der Waals surface area contributed by atoms with Gasteiger partial charge in [-0.1, -0.05) is 6.92 Å². The van der Waals surface area contributed by atoms with Gasteiger partial charge in [-0.2, -0.15) is 0 Å². The fraction of sp³-hybridized carbons (Fsp3) is 0.600. The number of anilines is 1. The highest BCUT2D eigenvalue weighted by Crippen LogP contribution is 2.29. The van der Waals surface area contributed by atoms with Crippen molar-refractivity contribution < 1.29 is 13.2 Å². The lowest BCUT2D eigenvalue weighted by atomic mass is 9.97. The summed E-state index contributed by atoms with van der Waals surface area (Å²) in [5, 5.41) is 3.45. The van der Waals surface area contributed by atoms with Crippen LogP contribution >= 0.6 is 0 Å². The first kappa shape index (κ1) is 15.2. The van der Waals surface area contributed by atoms with Crippen LogP contribution in [0.4, 0.5) is 18.9 Å². The van der Waals surface area contributed by atoms with Crippen molar-refractivity contribution in [3.8, 4) is 0 Å². The lowest BCUT2D eigenvalue weighted by Gasteiger charge is -2.39. The highest BCUT2D eigenvalue weighted by molar-refractivity contribution is 5.49. The maximum atomic E-state index is 13.8. The monoisotopic (exact) mass is 286 g/mol. The minimum Gasteiger partial charge on any atom is -0.366 e. The van der Waals surface area contributed by atoms with Crippen LogP contribution in [0.2, 0.25) is 0 Å². The zero-order valence-electron chi connectivity index (χ0n) is 11.9. The number of nitrogens with one attached hydrogen (secondary N) is 1. The van der Waals surface area contributed by atoms with E-state index in [-0.39, 0.29) is 11.7 Å². The van der Waals surface area contributed by atoms with Crippen molar-refractivity contribution in [2.75, 3.05) is 18.0 Å². The first-order valence-corrected chi connectivity index (χ1v) is 7.17. The van der Waals surface area contributed by atoms with E-state index in [0.29, 0.717) is 18.7 Å². The minimum absolute atomic E-state index is 0.0949. The largest absolute Gasteiger partial charge is 0.366 e. The number of rotatable bonds is 4. The molecule has 0 spiro atoms. The fourth-order valence-corrected chi connectivity index (χ4v) is 2.80. The summed E-state index contributed by atoms with van der Waals surface area (Å²) >= 11 is 0. The Kier molecular flexibility index (Phi) is 4.91. The summed E-state index contributed by atoms with van der Waals surface area (Å²) in [7, 11) is 0. The third-order valence-corrected chi connectivity index (χ3v) is 3.86. The van der Waals surface area contributed by atoms with Gasteiger partial charge in [-0.3, -0.25) is 0 Å². The highest BCUT2D eigenvalue weighted by atomic mass is 19.2. The average molecular weight is 286 g/mol. The summed E-state index contributed by atoms with van der Waals surface area (Å²) < 4.78 is 40.1. The molecular weight excluding hydrogens is 265 g/mol. The molecule has 2 atom stereocenters. The van der Waals surface area contributed by atoms with E-state index in [9.17, 15) is 13.2 Å². The normalized spacial score (nSPS) is 23.1. The molecule has 5 heteroatoms. The molecule has 1 aromatic rings. The van der Waals surface area contributed by atoms with Crippen molar-refractivity contribution in [1.82, 2.24) is 5.32 Å². The minimum atomic E-state index is -1.14. The third kappa shape index (κ3) is 3.26. The van der Waals surface area contributed by atoms with Crippen LogP contribution in [0.1, 0.15) is 33.1 Å². The molecular formula is C15H21F3N2. The zero-order chi connectivity index (χ0) is 14.7. The number of benzene rings is 1. The predicted molar refractivity (Wildman–Crippen MR) is 74.4 cm³/mol. The van der Waals surface area contributed by atoms with Crippen molar-refractivity contribution in [2.45, 2.75) is 45.2 Å². The second-order valence-electron chi connectivity index (χ2n) is 5.44. The van der Waals surface area contributed by atoms with Crippen LogP contribution < -0.4 is 10.2 Å². The van der Waals surface area contributed by atoms with Crippen molar-refractivity contribution in [1.29, 1.82) is 0 Å². The molecule has 0 radical (unpaired) electrons. The fourth-order valence-electron chi connectivity index (χ4n) is 2.80. The Morgan fingerprint density at radius 1 is 1.20 bits per heavy atom. The van der Waals surface area contributed by atoms with E-state index in [1.54, 1.807) is 0 Å². The van der Waals surface area contributed by atoms with Gasteiger partial charge in [0.25, 0.3) is 0 Å². The predicted octanol–water partition coefficient (Wildman–Crippen LogP) is 3.46. The Hall–Kier alpha value is -1.23. The van der Waals surface area contributed by atoms with Crippen LogP contribution in [-0.2, 0) is 0 Å². The summed E-state index contributed by atoms with van der Waals surface area (Å²) in [6.07, 6.45) is 2.83. The molecule has 0 aliphatic carbocycles. The average Bonchev–Trinajstić information content (AvgIpc) is 2.41. The Morgan fingerprint density at radius 3 is 2.55 bits per heavy atom. The van der Waals surface area contributed by atoms with Crippen LogP contribution in [-0.4, -0.2) is 25.2 Å². The van der Waals surface area contributed by atoms with E-state index in [1.807, 2.05) is 11.8 Å². The molecule has 20 heavy (non-hydrogen) atoms. The van der Waals surface area contributed by atoms with Crippen LogP contribution in [0.25, 0.3) is 0 Å². The second-order valence-corrected chi connectivity index (χ2v) is 5.44. The first-order chi connectivity index (χ1) is 9.52. The van der Waals surface area contributed by atoms with E-state index < -0.39 is 17.5 Å². The number of hydrogen-bond donors (Lipinski definition) is 1. The van der Waals surface area contributed by atoms with Gasteiger partial charge in [-0.25, -0.2) is 13.2 Å². The van der Waals surface area contributed by atoms with Crippen LogP contribution in [0.15, 0.2) is 12.1 Å². The Bertz CT molecular complexity index is 465. The SMILES string of the molecule is CCCNC1CCN(c2cc(F)c(F)cc2F)C(C)C1. The molecule has 0 aromatic heterocycles. The second kappa shape index (κ2) is 6.48. The van der Waals surface area contributed by atoms with Crippen molar-refractivity contribution >= 4 is 5.69 Å². The maximum absolute atomic E-state index is 13.8. The van der Waals surface area contributed by atoms with Crippen molar-refractivity contribution in [3.63, 3.8) is 0 Å². The molecule has 2 rings (SSSR count). The Morgan fingerprint density at radius 2 is 1.90 bits per heavy atom. The topological polar surface area (TPSA) is 15.3 Å². The summed E-state index contributed by atoms with van der Waals surface area (Å²) in [4.78, 5) is 1.82. The molecule has 1 aromatic carbocycles. The molecule has 1 saturated heterocycles.